The van der Waals surface area contributed by atoms with Gasteiger partial charge in [0.05, 0.1) is 5.56 Å². The largest absolute Gasteiger partial charge is 0.460 e. The molecule has 1 aromatic carbocycles. The highest BCUT2D eigenvalue weighted by Gasteiger charge is 3.04. The monoisotopic (exact) mass is 1410 g/mol. The number of ether oxygens (including phenoxy) is 1. The molecule has 0 atom stereocenters. The number of nitrogens with one attached hydrogen (secondary N) is 1. The first-order valence-corrected chi connectivity index (χ1v) is 19.6. The lowest BCUT2D eigenvalue weighted by molar-refractivity contribution is -0.497. The SMILES string of the molecule is CC(=O)OCNC(=O)c1c(N=C=O)c(N=C=O)cc(C)c1C(F)(F)C(F)(F)C(F)(F)C(F)(F)C(F)(F)C(F)(F)C(F)(F)C(F)(F)C(F)(F)C(F)(F)C(F)(F)C(F)(F)C(F)(F)C(F)(F)C(F)(F)C(F)(F)C(F)(F)C(F)(F)C(F)(F)C(F)(F)C(F)(F)C(F)(F)F. The second-order valence-corrected chi connectivity index (χ2v) is 16.6. The molecule has 1 rings (SSSR count). The molecule has 0 radical (unpaired) electrons. The van der Waals surface area contributed by atoms with Gasteiger partial charge in [0.25, 0.3) is 5.91 Å². The molecule has 0 aromatic heterocycles. The van der Waals surface area contributed by atoms with E-state index in [4.69, 9.17) is 0 Å². The number of aryl methyl sites for hydroxylation is 1. The first-order chi connectivity index (χ1) is 37.9. The molecule has 53 heteroatoms. The van der Waals surface area contributed by atoms with Crippen molar-refractivity contribution in [3.63, 3.8) is 0 Å². The minimum absolute atomic E-state index is 0.176. The van der Waals surface area contributed by atoms with Crippen molar-refractivity contribution in [3.05, 3.63) is 22.8 Å². The van der Waals surface area contributed by atoms with E-state index in [2.05, 4.69) is 14.7 Å². The second-order valence-electron chi connectivity index (χ2n) is 16.6. The van der Waals surface area contributed by atoms with Crippen molar-refractivity contribution in [3.8, 4) is 0 Å². The summed E-state index contributed by atoms with van der Waals surface area (Å²) in [6.07, 6.45) is -8.07. The van der Waals surface area contributed by atoms with Gasteiger partial charge in [-0.15, -0.1) is 0 Å². The maximum absolute atomic E-state index is 15.7. The number of isocyanates is 2. The van der Waals surface area contributed by atoms with Crippen molar-refractivity contribution in [2.45, 2.75) is 144 Å². The average molecular weight is 1410 g/mol. The molecule has 1 amide bonds. The van der Waals surface area contributed by atoms with Crippen molar-refractivity contribution in [1.82, 2.24) is 5.32 Å². The minimum atomic E-state index is -10.9. The zero-order chi connectivity index (χ0) is 71.7. The fourth-order valence-corrected chi connectivity index (χ4v) is 6.08. The Hall–Kier alpha value is -6.23. The van der Waals surface area contributed by atoms with Crippen molar-refractivity contribution < 1.29 is 221 Å². The number of esters is 1. The Morgan fingerprint density at radius 1 is 0.375 bits per heavy atom. The van der Waals surface area contributed by atoms with E-state index in [1.54, 1.807) is 0 Å². The van der Waals surface area contributed by atoms with Gasteiger partial charge < -0.3 is 10.1 Å². The van der Waals surface area contributed by atoms with Crippen LogP contribution in [0.25, 0.3) is 0 Å². The fraction of sp³-hybridized carbons (Fsp3) is 0.714. The Labute approximate surface area is 447 Å². The van der Waals surface area contributed by atoms with Crippen LogP contribution < -0.4 is 5.32 Å². The molecule has 1 aromatic rings. The quantitative estimate of drug-likeness (QED) is 0.0326. The lowest BCUT2D eigenvalue weighted by atomic mass is 9.81. The Morgan fingerprint density at radius 3 is 0.795 bits per heavy atom. The number of carbonyl (C=O) groups excluding carboxylic acids is 4. The predicted octanol–water partition coefficient (Wildman–Crippen LogP) is 15.5. The maximum Gasteiger partial charge on any atom is 0.460 e. The predicted molar refractivity (Wildman–Crippen MR) is 180 cm³/mol. The number of rotatable bonds is 26. The molecule has 0 aliphatic rings. The molecule has 510 valence electrons. The Bertz CT molecular complexity index is 2930. The van der Waals surface area contributed by atoms with Crippen LogP contribution in [0.1, 0.15) is 28.4 Å². The van der Waals surface area contributed by atoms with E-state index < -0.39 is 183 Å². The number of hydrogen-bond donors (Lipinski definition) is 1. The first-order valence-electron chi connectivity index (χ1n) is 19.6. The van der Waals surface area contributed by atoms with Crippen molar-refractivity contribution >= 4 is 35.4 Å². The summed E-state index contributed by atoms with van der Waals surface area (Å²) in [6.45, 7) is -1.78. The zero-order valence-corrected chi connectivity index (χ0v) is 39.2. The smallest absolute Gasteiger partial charge is 0.445 e. The average Bonchev–Trinajstić information content (AvgIpc) is 3.32. The van der Waals surface area contributed by atoms with Crippen LogP contribution in [0, 0.1) is 6.92 Å². The van der Waals surface area contributed by atoms with Gasteiger partial charge in [-0.2, -0.15) is 208 Å². The second kappa shape index (κ2) is 21.5. The van der Waals surface area contributed by atoms with Gasteiger partial charge in [-0.25, -0.2) is 9.59 Å². The van der Waals surface area contributed by atoms with E-state index in [0.29, 0.717) is 13.0 Å². The highest BCUT2D eigenvalue weighted by atomic mass is 19.4. The normalized spacial score (nSPS) is 15.8. The van der Waals surface area contributed by atoms with Crippen LogP contribution in [-0.2, 0) is 25.0 Å². The third kappa shape index (κ3) is 9.80. The summed E-state index contributed by atoms with van der Waals surface area (Å²) < 4.78 is 644. The Kier molecular flexibility index (Phi) is 19.5. The maximum atomic E-state index is 15.7. The summed E-state index contributed by atoms with van der Waals surface area (Å²) in [7, 11) is 0. The lowest BCUT2D eigenvalue weighted by Gasteiger charge is -2.47. The molecule has 0 aliphatic heterocycles. The lowest BCUT2D eigenvalue weighted by Crippen LogP contribution is -2.81. The van der Waals surface area contributed by atoms with Gasteiger partial charge in [0, 0.05) is 12.5 Å². The summed E-state index contributed by atoms with van der Waals surface area (Å²) in [5, 5.41) is 0.962. The van der Waals surface area contributed by atoms with Crippen LogP contribution in [-0.4, -0.2) is 155 Å². The minimum Gasteiger partial charge on any atom is -0.445 e. The standard InChI is InChI=1S/C35H10F45N3O5/c1-7-3-9(81-4-84)12(82-5-85)10(13(87)83-6-88-8(2)86)11(7)14(36,37)15(38,39)16(40,41)17(42,43)18(44,45)19(46,47)20(48,49)21(50,51)22(52,53)23(54,55)24(56,57)25(58,59)26(60,61)27(62,63)28(64,65)29(66,67)30(68,69)31(70,71)32(72,73)33(74,75)34(76,77)35(78,79)80/h3H,6H2,1-2H3,(H,83,87). The van der Waals surface area contributed by atoms with E-state index in [0.717, 1.165) is 5.32 Å². The Morgan fingerprint density at radius 2 is 0.591 bits per heavy atom. The molecular weight excluding hydrogens is 1400 g/mol. The van der Waals surface area contributed by atoms with Crippen LogP contribution in [0.4, 0.5) is 209 Å². The number of aliphatic imine (C=N–C) groups is 2. The summed E-state index contributed by atoms with van der Waals surface area (Å²) >= 11 is 0. The molecule has 0 aliphatic carbocycles. The molecule has 0 saturated carbocycles. The summed E-state index contributed by atoms with van der Waals surface area (Å²) in [4.78, 5) is 50.2. The number of benzene rings is 1. The van der Waals surface area contributed by atoms with Crippen LogP contribution in [0.5, 0.6) is 0 Å². The summed E-state index contributed by atoms with van der Waals surface area (Å²) in [5.74, 6) is -220. The van der Waals surface area contributed by atoms with Gasteiger partial charge in [0.15, 0.2) is 6.73 Å². The van der Waals surface area contributed by atoms with Gasteiger partial charge in [0.2, 0.25) is 12.2 Å². The fourth-order valence-electron chi connectivity index (χ4n) is 6.08. The zero-order valence-electron chi connectivity index (χ0n) is 39.2. The summed E-state index contributed by atoms with van der Waals surface area (Å²) in [5.41, 5.74) is -12.8. The highest BCUT2D eigenvalue weighted by Crippen LogP contribution is 2.72. The van der Waals surface area contributed by atoms with E-state index in [1.807, 2.05) is 0 Å². The van der Waals surface area contributed by atoms with Gasteiger partial charge in [-0.3, -0.25) is 9.59 Å². The highest BCUT2D eigenvalue weighted by molar-refractivity contribution is 6.04. The van der Waals surface area contributed by atoms with Crippen LogP contribution in [0.3, 0.4) is 0 Å². The molecule has 0 fully saturated rings. The molecule has 8 nitrogen and oxygen atoms in total. The number of alkyl halides is 45. The summed E-state index contributed by atoms with van der Waals surface area (Å²) in [6, 6.07) is -0.529. The van der Waals surface area contributed by atoms with Crippen LogP contribution >= 0.6 is 0 Å². The first kappa shape index (κ1) is 79.8. The third-order valence-electron chi connectivity index (χ3n) is 11.1. The molecule has 0 unspecified atom stereocenters. The molecule has 1 N–H and O–H groups in total. The molecule has 0 spiro atoms. The number of carbonyl (C=O) groups is 2. The number of halogens is 45. The molecular formula is C35H10F45N3O5. The molecule has 0 heterocycles. The van der Waals surface area contributed by atoms with Gasteiger partial charge >= 0.3 is 137 Å². The number of nitrogens with zero attached hydrogens (tertiary/aromatic N) is 2. The van der Waals surface area contributed by atoms with E-state index in [-0.39, 0.29) is 13.0 Å². The van der Waals surface area contributed by atoms with E-state index >= 15 is 26.3 Å². The Balaban J connectivity index is 4.37. The van der Waals surface area contributed by atoms with Crippen LogP contribution in [0.15, 0.2) is 16.1 Å². The van der Waals surface area contributed by atoms with Crippen molar-refractivity contribution in [2.75, 3.05) is 6.73 Å². The topological polar surface area (TPSA) is 114 Å². The van der Waals surface area contributed by atoms with E-state index in [9.17, 15) is 190 Å². The van der Waals surface area contributed by atoms with Crippen LogP contribution in [0.2, 0.25) is 0 Å². The molecule has 0 saturated heterocycles. The number of amides is 1. The van der Waals surface area contributed by atoms with Crippen molar-refractivity contribution in [2.24, 2.45) is 9.98 Å². The molecule has 0 bridgehead atoms. The van der Waals surface area contributed by atoms with Gasteiger partial charge in [0.1, 0.15) is 11.4 Å². The van der Waals surface area contributed by atoms with Crippen molar-refractivity contribution in [1.29, 1.82) is 0 Å². The van der Waals surface area contributed by atoms with Gasteiger partial charge in [-0.1, -0.05) is 0 Å². The molecule has 88 heavy (non-hydrogen) atoms. The number of hydrogen-bond acceptors (Lipinski definition) is 7. The van der Waals surface area contributed by atoms with E-state index in [1.165, 1.54) is 0 Å². The third-order valence-corrected chi connectivity index (χ3v) is 11.1. The van der Waals surface area contributed by atoms with Gasteiger partial charge in [-0.05, 0) is 18.6 Å².